The molecular formula is C21H16FNO5S. The van der Waals surface area contributed by atoms with Crippen molar-refractivity contribution >= 4 is 34.5 Å². The number of thioether (sulfide) groups is 1. The molecule has 0 spiro atoms. The topological polar surface area (TPSA) is 77.4 Å². The molecule has 0 aliphatic carbocycles. The second-order valence-corrected chi connectivity index (χ2v) is 7.09. The zero-order valence-corrected chi connectivity index (χ0v) is 16.2. The summed E-state index contributed by atoms with van der Waals surface area (Å²) in [5.41, 5.74) is 1.19. The fourth-order valence-electron chi connectivity index (χ4n) is 2.78. The van der Waals surface area contributed by atoms with Crippen LogP contribution >= 0.6 is 11.8 Å². The minimum absolute atomic E-state index is 0.0202. The van der Waals surface area contributed by atoms with Gasteiger partial charge in [0.2, 0.25) is 6.79 Å². The van der Waals surface area contributed by atoms with Gasteiger partial charge in [-0.1, -0.05) is 17.8 Å². The normalized spacial score (nSPS) is 18.0. The van der Waals surface area contributed by atoms with Crippen molar-refractivity contribution in [1.82, 2.24) is 0 Å². The van der Waals surface area contributed by atoms with E-state index in [2.05, 4.69) is 4.99 Å². The summed E-state index contributed by atoms with van der Waals surface area (Å²) in [6.45, 7) is 2.00. The molecule has 0 aromatic heterocycles. The molecule has 2 aliphatic rings. The summed E-state index contributed by atoms with van der Waals surface area (Å²) in [4.78, 5) is 17.2. The first-order valence-electron chi connectivity index (χ1n) is 8.79. The zero-order valence-electron chi connectivity index (χ0n) is 15.3. The largest absolute Gasteiger partial charge is 0.506 e. The number of carbonyl (C=O) groups excluding carboxylic acids is 1. The van der Waals surface area contributed by atoms with E-state index in [1.54, 1.807) is 25.1 Å². The van der Waals surface area contributed by atoms with E-state index < -0.39 is 5.97 Å². The molecule has 4 rings (SSSR count). The number of fused-ring (bicyclic) bond motifs is 1. The molecule has 0 unspecified atom stereocenters. The number of ether oxygens (including phenoxy) is 3. The van der Waals surface area contributed by atoms with Crippen LogP contribution in [0.25, 0.3) is 6.08 Å². The van der Waals surface area contributed by atoms with Gasteiger partial charge < -0.3 is 19.3 Å². The average Bonchev–Trinajstić information content (AvgIpc) is 3.28. The molecule has 6 nitrogen and oxygen atoms in total. The van der Waals surface area contributed by atoms with Gasteiger partial charge in [-0.3, -0.25) is 0 Å². The molecule has 0 saturated carbocycles. The highest BCUT2D eigenvalue weighted by Gasteiger charge is 2.33. The second kappa shape index (κ2) is 8.00. The molecule has 1 N–H and O–H groups in total. The Bertz CT molecular complexity index is 1060. The average molecular weight is 413 g/mol. The van der Waals surface area contributed by atoms with Gasteiger partial charge in [-0.15, -0.1) is 0 Å². The van der Waals surface area contributed by atoms with Crippen LogP contribution in [-0.2, 0) is 9.53 Å². The van der Waals surface area contributed by atoms with E-state index in [0.29, 0.717) is 22.1 Å². The van der Waals surface area contributed by atoms with Gasteiger partial charge in [-0.25, -0.2) is 14.2 Å². The van der Waals surface area contributed by atoms with Crippen molar-refractivity contribution in [1.29, 1.82) is 0 Å². The number of carbonyl (C=O) groups is 1. The number of rotatable bonds is 4. The lowest BCUT2D eigenvalue weighted by Crippen LogP contribution is -2.12. The van der Waals surface area contributed by atoms with Crippen molar-refractivity contribution in [2.75, 3.05) is 13.4 Å². The number of nitrogens with zero attached hydrogens (tertiary/aromatic N) is 1. The fourth-order valence-corrected chi connectivity index (χ4v) is 3.81. The number of hydrogen-bond donors (Lipinski definition) is 1. The van der Waals surface area contributed by atoms with Gasteiger partial charge in [0.15, 0.2) is 11.5 Å². The van der Waals surface area contributed by atoms with Crippen LogP contribution in [0.15, 0.2) is 63.7 Å². The minimum atomic E-state index is -0.674. The lowest BCUT2D eigenvalue weighted by molar-refractivity contribution is -0.138. The summed E-state index contributed by atoms with van der Waals surface area (Å²) in [6, 6.07) is 10.9. The Balaban J connectivity index is 1.72. The number of aliphatic hydroxyl groups excluding tert-OH is 1. The van der Waals surface area contributed by atoms with Gasteiger partial charge in [0, 0.05) is 0 Å². The molecule has 2 aliphatic heterocycles. The highest BCUT2D eigenvalue weighted by atomic mass is 32.2. The number of halogens is 1. The third-order valence-corrected chi connectivity index (χ3v) is 5.14. The number of aliphatic hydroxyl groups is 1. The summed E-state index contributed by atoms with van der Waals surface area (Å²) in [7, 11) is 0. The van der Waals surface area contributed by atoms with Crippen molar-refractivity contribution in [2.45, 2.75) is 6.92 Å². The molecule has 0 saturated heterocycles. The van der Waals surface area contributed by atoms with Crippen molar-refractivity contribution in [3.63, 3.8) is 0 Å². The lowest BCUT2D eigenvalue weighted by atomic mass is 10.1. The molecule has 0 bridgehead atoms. The van der Waals surface area contributed by atoms with Gasteiger partial charge in [-0.05, 0) is 55.0 Å². The fraction of sp³-hybridized carbons (Fsp3) is 0.143. The number of benzene rings is 2. The Morgan fingerprint density at radius 2 is 2.00 bits per heavy atom. The Morgan fingerprint density at radius 1 is 1.24 bits per heavy atom. The molecule has 0 amide bonds. The van der Waals surface area contributed by atoms with Crippen LogP contribution in [0.3, 0.4) is 0 Å². The SMILES string of the molecule is CCOC(=O)C1=C(O)/C(=C\c2ccc3c(c2)OCO3)SC1=Nc1ccc(F)cc1. The second-order valence-electron chi connectivity index (χ2n) is 6.06. The van der Waals surface area contributed by atoms with Crippen LogP contribution in [0, 0.1) is 5.82 Å². The van der Waals surface area contributed by atoms with Gasteiger partial charge in [0.05, 0.1) is 17.2 Å². The van der Waals surface area contributed by atoms with E-state index in [-0.39, 0.29) is 35.6 Å². The summed E-state index contributed by atoms with van der Waals surface area (Å²) in [5, 5.41) is 11.0. The quantitative estimate of drug-likeness (QED) is 0.729. The third kappa shape index (κ3) is 3.97. The molecular weight excluding hydrogens is 397 g/mol. The van der Waals surface area contributed by atoms with Crippen molar-refractivity contribution in [3.05, 3.63) is 70.1 Å². The predicted molar refractivity (Wildman–Crippen MR) is 108 cm³/mol. The summed E-state index contributed by atoms with van der Waals surface area (Å²) in [5.74, 6) is -0.0201. The Labute approximate surface area is 170 Å². The maximum Gasteiger partial charge on any atom is 0.344 e. The molecule has 148 valence electrons. The Hall–Kier alpha value is -3.26. The first-order chi connectivity index (χ1) is 14.0. The van der Waals surface area contributed by atoms with Crippen LogP contribution in [0.1, 0.15) is 12.5 Å². The van der Waals surface area contributed by atoms with Crippen LogP contribution in [0.2, 0.25) is 0 Å². The van der Waals surface area contributed by atoms with Gasteiger partial charge >= 0.3 is 5.97 Å². The minimum Gasteiger partial charge on any atom is -0.506 e. The maximum atomic E-state index is 13.2. The first-order valence-corrected chi connectivity index (χ1v) is 9.61. The summed E-state index contributed by atoms with van der Waals surface area (Å²) < 4.78 is 28.9. The molecule has 0 fully saturated rings. The molecule has 0 radical (unpaired) electrons. The van der Waals surface area contributed by atoms with Crippen LogP contribution in [-0.4, -0.2) is 29.5 Å². The molecule has 0 atom stereocenters. The molecule has 29 heavy (non-hydrogen) atoms. The zero-order chi connectivity index (χ0) is 20.4. The molecule has 2 heterocycles. The Morgan fingerprint density at radius 3 is 2.76 bits per heavy atom. The van der Waals surface area contributed by atoms with Crippen LogP contribution in [0.4, 0.5) is 10.1 Å². The van der Waals surface area contributed by atoms with E-state index in [1.165, 1.54) is 24.3 Å². The standard InChI is InChI=1S/C21H16FNO5S/c1-2-26-21(25)18-19(24)17(10-12-3-8-15-16(9-12)28-11-27-15)29-20(18)23-14-6-4-13(22)5-7-14/h3-10,24H,2,11H2,1H3/b17-10+,23-20?. The maximum absolute atomic E-state index is 13.2. The number of aliphatic imine (C=N–C) groups is 1. The van der Waals surface area contributed by atoms with E-state index in [1.807, 2.05) is 6.07 Å². The van der Waals surface area contributed by atoms with Crippen LogP contribution < -0.4 is 9.47 Å². The van der Waals surface area contributed by atoms with E-state index in [0.717, 1.165) is 17.3 Å². The van der Waals surface area contributed by atoms with Crippen LogP contribution in [0.5, 0.6) is 11.5 Å². The van der Waals surface area contributed by atoms with Gasteiger partial charge in [0.1, 0.15) is 22.2 Å². The molecule has 8 heteroatoms. The monoisotopic (exact) mass is 413 g/mol. The van der Waals surface area contributed by atoms with Crippen molar-refractivity contribution < 1.29 is 28.5 Å². The Kier molecular flexibility index (Phi) is 5.26. The van der Waals surface area contributed by atoms with Crippen molar-refractivity contribution in [3.8, 4) is 11.5 Å². The molecule has 2 aromatic rings. The smallest absolute Gasteiger partial charge is 0.344 e. The third-order valence-electron chi connectivity index (χ3n) is 4.12. The number of esters is 1. The lowest BCUT2D eigenvalue weighted by Gasteiger charge is -2.03. The summed E-state index contributed by atoms with van der Waals surface area (Å²) >= 11 is 1.13. The van der Waals surface area contributed by atoms with Gasteiger partial charge in [-0.2, -0.15) is 0 Å². The van der Waals surface area contributed by atoms with Gasteiger partial charge in [0.25, 0.3) is 0 Å². The van der Waals surface area contributed by atoms with E-state index >= 15 is 0 Å². The highest BCUT2D eigenvalue weighted by Crippen LogP contribution is 2.41. The highest BCUT2D eigenvalue weighted by molar-refractivity contribution is 8.18. The predicted octanol–water partition coefficient (Wildman–Crippen LogP) is 4.75. The summed E-state index contributed by atoms with van der Waals surface area (Å²) in [6.07, 6.45) is 1.72. The molecule has 2 aromatic carbocycles. The van der Waals surface area contributed by atoms with Crippen molar-refractivity contribution in [2.24, 2.45) is 4.99 Å². The van der Waals surface area contributed by atoms with E-state index in [9.17, 15) is 14.3 Å². The number of hydrogen-bond acceptors (Lipinski definition) is 7. The first kappa shape index (κ1) is 19.1. The van der Waals surface area contributed by atoms with E-state index in [4.69, 9.17) is 14.2 Å².